The Balaban J connectivity index is 1.47. The van der Waals surface area contributed by atoms with Crippen LogP contribution in [-0.2, 0) is 4.79 Å². The molecule has 0 atom stereocenters. The summed E-state index contributed by atoms with van der Waals surface area (Å²) in [6.45, 7) is 4.62. The van der Waals surface area contributed by atoms with E-state index in [-0.39, 0.29) is 0 Å². The molecular weight excluding hydrogens is 262 g/mol. The largest absolute Gasteiger partial charge is 0.342 e. The second-order valence-corrected chi connectivity index (χ2v) is 6.27. The Labute approximate surface area is 127 Å². The summed E-state index contributed by atoms with van der Waals surface area (Å²) < 4.78 is 0. The number of carbonyl (C=O) groups is 1. The highest BCUT2D eigenvalue weighted by atomic mass is 16.2. The number of hydrogen-bond acceptors (Lipinski definition) is 3. The number of rotatable bonds is 3. The zero-order chi connectivity index (χ0) is 14.5. The quantitative estimate of drug-likeness (QED) is 0.855. The predicted octanol–water partition coefficient (Wildman–Crippen LogP) is 2.27. The van der Waals surface area contributed by atoms with Gasteiger partial charge in [-0.25, -0.2) is 0 Å². The standard InChI is InChI=1S/C17H25N3O/c21-17(14-19-10-2-1-3-11-19)20-12-6-16(7-13-20)15-4-8-18-9-5-15/h4-5,8-9,16H,1-3,6-7,10-14H2. The summed E-state index contributed by atoms with van der Waals surface area (Å²) in [4.78, 5) is 20.8. The van der Waals surface area contributed by atoms with Crippen LogP contribution in [0.4, 0.5) is 0 Å². The first-order valence-corrected chi connectivity index (χ1v) is 8.23. The summed E-state index contributed by atoms with van der Waals surface area (Å²) in [6.07, 6.45) is 9.70. The van der Waals surface area contributed by atoms with Gasteiger partial charge in [0, 0.05) is 25.5 Å². The van der Waals surface area contributed by atoms with Crippen LogP contribution in [0.2, 0.25) is 0 Å². The molecule has 2 saturated heterocycles. The minimum Gasteiger partial charge on any atom is -0.342 e. The van der Waals surface area contributed by atoms with E-state index in [1.54, 1.807) is 0 Å². The fourth-order valence-corrected chi connectivity index (χ4v) is 3.51. The van der Waals surface area contributed by atoms with Gasteiger partial charge in [0.2, 0.25) is 5.91 Å². The molecule has 0 aliphatic carbocycles. The molecule has 0 N–H and O–H groups in total. The number of pyridine rings is 1. The lowest BCUT2D eigenvalue weighted by Gasteiger charge is -2.34. The van der Waals surface area contributed by atoms with Crippen LogP contribution in [0.1, 0.15) is 43.6 Å². The summed E-state index contributed by atoms with van der Waals surface area (Å²) in [5.41, 5.74) is 1.37. The minimum absolute atomic E-state index is 0.324. The van der Waals surface area contributed by atoms with Crippen LogP contribution in [0.15, 0.2) is 24.5 Å². The molecule has 1 aromatic heterocycles. The number of carbonyl (C=O) groups excluding carboxylic acids is 1. The highest BCUT2D eigenvalue weighted by molar-refractivity contribution is 5.78. The molecule has 0 spiro atoms. The maximum atomic E-state index is 12.4. The molecule has 3 rings (SSSR count). The van der Waals surface area contributed by atoms with E-state index in [4.69, 9.17) is 0 Å². The Morgan fingerprint density at radius 1 is 1.05 bits per heavy atom. The molecule has 2 aliphatic heterocycles. The van der Waals surface area contributed by atoms with E-state index >= 15 is 0 Å². The van der Waals surface area contributed by atoms with Gasteiger partial charge in [-0.1, -0.05) is 6.42 Å². The van der Waals surface area contributed by atoms with Gasteiger partial charge in [0.15, 0.2) is 0 Å². The molecule has 0 saturated carbocycles. The van der Waals surface area contributed by atoms with E-state index < -0.39 is 0 Å². The van der Waals surface area contributed by atoms with Gasteiger partial charge in [-0.3, -0.25) is 14.7 Å². The molecule has 0 radical (unpaired) electrons. The smallest absolute Gasteiger partial charge is 0.236 e. The van der Waals surface area contributed by atoms with Crippen LogP contribution < -0.4 is 0 Å². The van der Waals surface area contributed by atoms with Gasteiger partial charge in [-0.15, -0.1) is 0 Å². The predicted molar refractivity (Wildman–Crippen MR) is 83.1 cm³/mol. The van der Waals surface area contributed by atoms with Crippen molar-refractivity contribution >= 4 is 5.91 Å². The van der Waals surface area contributed by atoms with Gasteiger partial charge in [-0.05, 0) is 62.4 Å². The zero-order valence-corrected chi connectivity index (χ0v) is 12.7. The molecule has 21 heavy (non-hydrogen) atoms. The fourth-order valence-electron chi connectivity index (χ4n) is 3.51. The first kappa shape index (κ1) is 14.5. The van der Waals surface area contributed by atoms with Crippen molar-refractivity contribution in [3.63, 3.8) is 0 Å². The van der Waals surface area contributed by atoms with Crippen LogP contribution in [0.3, 0.4) is 0 Å². The van der Waals surface area contributed by atoms with E-state index in [1.165, 1.54) is 24.8 Å². The fraction of sp³-hybridized carbons (Fsp3) is 0.647. The number of amides is 1. The number of piperidine rings is 2. The second-order valence-electron chi connectivity index (χ2n) is 6.27. The van der Waals surface area contributed by atoms with E-state index in [1.807, 2.05) is 12.4 Å². The third kappa shape index (κ3) is 3.82. The summed E-state index contributed by atoms with van der Waals surface area (Å²) in [7, 11) is 0. The summed E-state index contributed by atoms with van der Waals surface area (Å²) in [5.74, 6) is 0.914. The van der Waals surface area contributed by atoms with Crippen molar-refractivity contribution < 1.29 is 4.79 Å². The number of aromatic nitrogens is 1. The average molecular weight is 287 g/mol. The van der Waals surface area contributed by atoms with Crippen LogP contribution in [0.25, 0.3) is 0 Å². The summed E-state index contributed by atoms with van der Waals surface area (Å²) in [6, 6.07) is 4.21. The molecule has 114 valence electrons. The van der Waals surface area contributed by atoms with Crippen molar-refractivity contribution in [3.05, 3.63) is 30.1 Å². The van der Waals surface area contributed by atoms with E-state index in [9.17, 15) is 4.79 Å². The van der Waals surface area contributed by atoms with Gasteiger partial charge in [-0.2, -0.15) is 0 Å². The van der Waals surface area contributed by atoms with Crippen molar-refractivity contribution in [2.75, 3.05) is 32.7 Å². The van der Waals surface area contributed by atoms with Crippen molar-refractivity contribution in [2.24, 2.45) is 0 Å². The van der Waals surface area contributed by atoms with Crippen LogP contribution in [0.5, 0.6) is 0 Å². The first-order chi connectivity index (χ1) is 10.3. The molecule has 4 nitrogen and oxygen atoms in total. The SMILES string of the molecule is O=C(CN1CCCCC1)N1CCC(c2ccncc2)CC1. The Kier molecular flexibility index (Phi) is 4.86. The Morgan fingerprint density at radius 3 is 2.38 bits per heavy atom. The topological polar surface area (TPSA) is 36.4 Å². The van der Waals surface area contributed by atoms with Crippen molar-refractivity contribution in [1.82, 2.24) is 14.8 Å². The number of hydrogen-bond donors (Lipinski definition) is 0. The molecular formula is C17H25N3O. The van der Waals surface area contributed by atoms with Crippen LogP contribution in [0, 0.1) is 0 Å². The summed E-state index contributed by atoms with van der Waals surface area (Å²) >= 11 is 0. The number of nitrogens with zero attached hydrogens (tertiary/aromatic N) is 3. The van der Waals surface area contributed by atoms with Gasteiger partial charge < -0.3 is 4.90 Å². The Bertz CT molecular complexity index is 448. The van der Waals surface area contributed by atoms with E-state index in [0.29, 0.717) is 18.4 Å². The molecule has 2 fully saturated rings. The van der Waals surface area contributed by atoms with Crippen LogP contribution >= 0.6 is 0 Å². The molecule has 2 aliphatic rings. The average Bonchev–Trinajstić information content (AvgIpc) is 2.57. The molecule has 0 unspecified atom stereocenters. The zero-order valence-electron chi connectivity index (χ0n) is 12.7. The third-order valence-corrected chi connectivity index (χ3v) is 4.83. The Morgan fingerprint density at radius 2 is 1.71 bits per heavy atom. The normalized spacial score (nSPS) is 21.4. The lowest BCUT2D eigenvalue weighted by molar-refractivity contribution is -0.133. The van der Waals surface area contributed by atoms with Crippen molar-refractivity contribution in [2.45, 2.75) is 38.0 Å². The molecule has 1 aromatic rings. The maximum Gasteiger partial charge on any atom is 0.236 e. The molecule has 0 bridgehead atoms. The number of likely N-dealkylation sites (tertiary alicyclic amines) is 2. The van der Waals surface area contributed by atoms with Gasteiger partial charge in [0.1, 0.15) is 0 Å². The van der Waals surface area contributed by atoms with Gasteiger partial charge >= 0.3 is 0 Å². The lowest BCUT2D eigenvalue weighted by Crippen LogP contribution is -2.45. The highest BCUT2D eigenvalue weighted by Gasteiger charge is 2.25. The summed E-state index contributed by atoms with van der Waals surface area (Å²) in [5, 5.41) is 0. The van der Waals surface area contributed by atoms with Gasteiger partial charge in [0.25, 0.3) is 0 Å². The first-order valence-electron chi connectivity index (χ1n) is 8.23. The highest BCUT2D eigenvalue weighted by Crippen LogP contribution is 2.27. The van der Waals surface area contributed by atoms with E-state index in [0.717, 1.165) is 39.0 Å². The third-order valence-electron chi connectivity index (χ3n) is 4.83. The van der Waals surface area contributed by atoms with E-state index in [2.05, 4.69) is 26.9 Å². The minimum atomic E-state index is 0.324. The lowest BCUT2D eigenvalue weighted by atomic mass is 9.90. The second kappa shape index (κ2) is 7.03. The van der Waals surface area contributed by atoms with Gasteiger partial charge in [0.05, 0.1) is 6.54 Å². The van der Waals surface area contributed by atoms with Crippen LogP contribution in [-0.4, -0.2) is 53.4 Å². The molecule has 0 aromatic carbocycles. The monoisotopic (exact) mass is 287 g/mol. The molecule has 3 heterocycles. The Hall–Kier alpha value is -1.42. The van der Waals surface area contributed by atoms with Crippen molar-refractivity contribution in [1.29, 1.82) is 0 Å². The molecule has 1 amide bonds. The molecule has 4 heteroatoms. The van der Waals surface area contributed by atoms with Crippen molar-refractivity contribution in [3.8, 4) is 0 Å². The maximum absolute atomic E-state index is 12.4.